The Morgan fingerprint density at radius 1 is 1.61 bits per heavy atom. The molecule has 1 saturated carbocycles. The largest absolute Gasteiger partial charge is 0.483 e. The van der Waals surface area contributed by atoms with E-state index in [0.717, 1.165) is 12.8 Å². The van der Waals surface area contributed by atoms with Gasteiger partial charge in [-0.3, -0.25) is 4.79 Å². The van der Waals surface area contributed by atoms with Crippen molar-refractivity contribution in [3.8, 4) is 5.75 Å². The van der Waals surface area contributed by atoms with Crippen molar-refractivity contribution >= 4 is 5.91 Å². The molecule has 0 bridgehead atoms. The Labute approximate surface area is 105 Å². The van der Waals surface area contributed by atoms with Gasteiger partial charge >= 0.3 is 0 Å². The molecule has 98 valence electrons. The van der Waals surface area contributed by atoms with Crippen LogP contribution in [0.1, 0.15) is 31.4 Å². The van der Waals surface area contributed by atoms with Crippen LogP contribution < -0.4 is 15.8 Å². The van der Waals surface area contributed by atoms with Crippen molar-refractivity contribution in [2.24, 2.45) is 5.73 Å². The van der Waals surface area contributed by atoms with E-state index in [9.17, 15) is 9.18 Å². The van der Waals surface area contributed by atoms with E-state index in [0.29, 0.717) is 17.4 Å². The maximum atomic E-state index is 13.1. The number of hydrogen-bond donors (Lipinski definition) is 2. The van der Waals surface area contributed by atoms with Crippen molar-refractivity contribution in [2.45, 2.75) is 31.8 Å². The van der Waals surface area contributed by atoms with E-state index in [2.05, 4.69) is 5.32 Å². The highest BCUT2D eigenvalue weighted by Crippen LogP contribution is 2.24. The van der Waals surface area contributed by atoms with Crippen molar-refractivity contribution in [1.29, 1.82) is 0 Å². The van der Waals surface area contributed by atoms with Crippen molar-refractivity contribution < 1.29 is 13.9 Å². The summed E-state index contributed by atoms with van der Waals surface area (Å²) in [7, 11) is 0. The number of ether oxygens (including phenoxy) is 1. The Balaban J connectivity index is 1.96. The molecule has 1 fully saturated rings. The molecule has 0 saturated heterocycles. The minimum absolute atomic E-state index is 0.0676. The van der Waals surface area contributed by atoms with Gasteiger partial charge in [0.1, 0.15) is 11.6 Å². The molecule has 18 heavy (non-hydrogen) atoms. The third kappa shape index (κ3) is 3.43. The molecule has 1 amide bonds. The van der Waals surface area contributed by atoms with Crippen LogP contribution in [-0.4, -0.2) is 18.6 Å². The SMILES string of the molecule is C[C@@H](N)c1cc(F)ccc1OCC(=O)NC1CC1. The molecule has 0 aliphatic heterocycles. The summed E-state index contributed by atoms with van der Waals surface area (Å²) in [4.78, 5) is 11.5. The molecule has 3 N–H and O–H groups in total. The average molecular weight is 252 g/mol. The van der Waals surface area contributed by atoms with Crippen LogP contribution in [0.3, 0.4) is 0 Å². The van der Waals surface area contributed by atoms with Crippen LogP contribution in [0.25, 0.3) is 0 Å². The lowest BCUT2D eigenvalue weighted by Gasteiger charge is -2.14. The van der Waals surface area contributed by atoms with Gasteiger partial charge in [0.25, 0.3) is 5.91 Å². The van der Waals surface area contributed by atoms with Crippen molar-refractivity contribution in [1.82, 2.24) is 5.32 Å². The van der Waals surface area contributed by atoms with Crippen molar-refractivity contribution in [3.05, 3.63) is 29.6 Å². The van der Waals surface area contributed by atoms with E-state index in [4.69, 9.17) is 10.5 Å². The minimum atomic E-state index is -0.364. The predicted octanol–water partition coefficient (Wildman–Crippen LogP) is 1.50. The molecule has 5 heteroatoms. The van der Waals surface area contributed by atoms with Gasteiger partial charge in [-0.1, -0.05) is 0 Å². The highest BCUT2D eigenvalue weighted by molar-refractivity contribution is 5.78. The minimum Gasteiger partial charge on any atom is -0.483 e. The highest BCUT2D eigenvalue weighted by atomic mass is 19.1. The number of nitrogens with one attached hydrogen (secondary N) is 1. The Kier molecular flexibility index (Phi) is 3.81. The van der Waals surface area contributed by atoms with E-state index in [-0.39, 0.29) is 24.4 Å². The molecule has 2 rings (SSSR count). The van der Waals surface area contributed by atoms with Crippen molar-refractivity contribution in [2.75, 3.05) is 6.61 Å². The number of nitrogens with two attached hydrogens (primary N) is 1. The summed E-state index contributed by atoms with van der Waals surface area (Å²) in [5.74, 6) is -0.0631. The average Bonchev–Trinajstić information content (AvgIpc) is 3.11. The van der Waals surface area contributed by atoms with E-state index in [1.54, 1.807) is 6.92 Å². The molecule has 0 radical (unpaired) electrons. The summed E-state index contributed by atoms with van der Waals surface area (Å²) in [5.41, 5.74) is 6.30. The van der Waals surface area contributed by atoms with Crippen LogP contribution in [0.4, 0.5) is 4.39 Å². The Morgan fingerprint density at radius 3 is 2.94 bits per heavy atom. The summed E-state index contributed by atoms with van der Waals surface area (Å²) < 4.78 is 18.5. The van der Waals surface area contributed by atoms with Gasteiger partial charge in [-0.2, -0.15) is 0 Å². The molecule has 0 aromatic heterocycles. The zero-order chi connectivity index (χ0) is 13.1. The number of carbonyl (C=O) groups excluding carboxylic acids is 1. The highest BCUT2D eigenvalue weighted by Gasteiger charge is 2.23. The van der Waals surface area contributed by atoms with Gasteiger partial charge in [-0.05, 0) is 38.0 Å². The first-order valence-electron chi connectivity index (χ1n) is 6.03. The molecular weight excluding hydrogens is 235 g/mol. The Bertz CT molecular complexity index is 445. The lowest BCUT2D eigenvalue weighted by atomic mass is 10.1. The smallest absolute Gasteiger partial charge is 0.258 e. The quantitative estimate of drug-likeness (QED) is 0.834. The van der Waals surface area contributed by atoms with Crippen LogP contribution in [0, 0.1) is 5.82 Å². The van der Waals surface area contributed by atoms with Gasteiger partial charge in [0.2, 0.25) is 0 Å². The molecule has 1 atom stereocenters. The summed E-state index contributed by atoms with van der Waals surface area (Å²) in [6.07, 6.45) is 2.07. The Hall–Kier alpha value is -1.62. The molecule has 1 aromatic carbocycles. The normalized spacial score (nSPS) is 16.2. The van der Waals surface area contributed by atoms with Crippen molar-refractivity contribution in [3.63, 3.8) is 0 Å². The standard InChI is InChI=1S/C13H17FN2O2/c1-8(15)11-6-9(14)2-5-12(11)18-7-13(17)16-10-3-4-10/h2,5-6,8,10H,3-4,7,15H2,1H3,(H,16,17)/t8-/m1/s1. The number of benzene rings is 1. The predicted molar refractivity (Wildman–Crippen MR) is 65.7 cm³/mol. The van der Waals surface area contributed by atoms with Gasteiger partial charge in [0.15, 0.2) is 6.61 Å². The van der Waals surface area contributed by atoms with E-state index in [1.165, 1.54) is 18.2 Å². The number of hydrogen-bond acceptors (Lipinski definition) is 3. The van der Waals surface area contributed by atoms with Crippen LogP contribution in [0.5, 0.6) is 5.75 Å². The van der Waals surface area contributed by atoms with Gasteiger partial charge in [-0.25, -0.2) is 4.39 Å². The summed E-state index contributed by atoms with van der Waals surface area (Å²) >= 11 is 0. The van der Waals surface area contributed by atoms with Crippen LogP contribution in [-0.2, 0) is 4.79 Å². The number of halogens is 1. The first kappa shape index (κ1) is 12.8. The second-order valence-corrected chi connectivity index (χ2v) is 4.60. The van der Waals surface area contributed by atoms with Crippen LogP contribution >= 0.6 is 0 Å². The van der Waals surface area contributed by atoms with Gasteiger partial charge in [0, 0.05) is 17.6 Å². The lowest BCUT2D eigenvalue weighted by molar-refractivity contribution is -0.123. The number of rotatable bonds is 5. The second kappa shape index (κ2) is 5.35. The Morgan fingerprint density at radius 2 is 2.33 bits per heavy atom. The lowest BCUT2D eigenvalue weighted by Crippen LogP contribution is -2.30. The van der Waals surface area contributed by atoms with Gasteiger partial charge < -0.3 is 15.8 Å². The van der Waals surface area contributed by atoms with E-state index in [1.807, 2.05) is 0 Å². The topological polar surface area (TPSA) is 64.3 Å². The molecular formula is C13H17FN2O2. The van der Waals surface area contributed by atoms with Crippen LogP contribution in [0.15, 0.2) is 18.2 Å². The fraction of sp³-hybridized carbons (Fsp3) is 0.462. The fourth-order valence-electron chi connectivity index (χ4n) is 1.65. The molecule has 0 spiro atoms. The summed E-state index contributed by atoms with van der Waals surface area (Å²) in [6, 6.07) is 4.08. The first-order chi connectivity index (χ1) is 8.56. The fourth-order valence-corrected chi connectivity index (χ4v) is 1.65. The summed E-state index contributed by atoms with van der Waals surface area (Å²) in [5, 5.41) is 2.81. The summed E-state index contributed by atoms with van der Waals surface area (Å²) in [6.45, 7) is 1.67. The molecule has 0 unspecified atom stereocenters. The molecule has 1 aliphatic carbocycles. The zero-order valence-corrected chi connectivity index (χ0v) is 10.3. The second-order valence-electron chi connectivity index (χ2n) is 4.60. The van der Waals surface area contributed by atoms with Gasteiger partial charge in [0.05, 0.1) is 0 Å². The van der Waals surface area contributed by atoms with E-state index < -0.39 is 0 Å². The molecule has 1 aromatic rings. The number of amides is 1. The van der Waals surface area contributed by atoms with Crippen LogP contribution in [0.2, 0.25) is 0 Å². The third-order valence-electron chi connectivity index (χ3n) is 2.76. The van der Waals surface area contributed by atoms with E-state index >= 15 is 0 Å². The molecule has 4 nitrogen and oxygen atoms in total. The molecule has 0 heterocycles. The monoisotopic (exact) mass is 252 g/mol. The third-order valence-corrected chi connectivity index (χ3v) is 2.76. The maximum absolute atomic E-state index is 13.1. The molecule has 1 aliphatic rings. The zero-order valence-electron chi connectivity index (χ0n) is 10.3. The number of carbonyl (C=O) groups is 1. The maximum Gasteiger partial charge on any atom is 0.258 e. The van der Waals surface area contributed by atoms with Gasteiger partial charge in [-0.15, -0.1) is 0 Å². The first-order valence-corrected chi connectivity index (χ1v) is 6.03.